The predicted octanol–water partition coefficient (Wildman–Crippen LogP) is 5.45. The molecular weight excluding hydrogens is 473 g/mol. The molecule has 0 aliphatic rings. The van der Waals surface area contributed by atoms with Crippen LogP contribution in [0.5, 0.6) is 11.5 Å². The molecule has 4 heterocycles. The number of nitrogens with one attached hydrogen (secondary N) is 2. The second-order valence-corrected chi connectivity index (χ2v) is 8.20. The molecule has 0 fully saturated rings. The Kier molecular flexibility index (Phi) is 5.42. The maximum absolute atomic E-state index is 14.9. The summed E-state index contributed by atoms with van der Waals surface area (Å²) in [6, 6.07) is 20.0. The average molecular weight is 491 g/mol. The molecule has 0 radical (unpaired) electrons. The third-order valence-electron chi connectivity index (χ3n) is 5.87. The number of pyridine rings is 3. The molecule has 0 saturated carbocycles. The minimum absolute atomic E-state index is 0.0186. The van der Waals surface area contributed by atoms with Crippen LogP contribution in [0.15, 0.2) is 102 Å². The molecule has 0 spiro atoms. The quantitative estimate of drug-likeness (QED) is 0.334. The number of nitrogens with zero attached hydrogens (tertiary/aromatic N) is 3. The molecule has 9 heteroatoms. The Hall–Kier alpha value is -5.31. The number of benzene rings is 2. The van der Waals surface area contributed by atoms with Crippen molar-refractivity contribution in [1.82, 2.24) is 19.5 Å². The zero-order chi connectivity index (χ0) is 25.4. The zero-order valence-corrected chi connectivity index (χ0v) is 19.2. The van der Waals surface area contributed by atoms with Gasteiger partial charge in [-0.25, -0.2) is 14.4 Å². The SMILES string of the molecule is O=C(Nc1ccc(Oc2ccnc3[nH]ccc23)c(F)c1)c1cn(-c2ccccc2)c2ncccc2c1=O. The van der Waals surface area contributed by atoms with Gasteiger partial charge in [-0.3, -0.25) is 9.59 Å². The summed E-state index contributed by atoms with van der Waals surface area (Å²) in [6.45, 7) is 0. The molecule has 0 atom stereocenters. The van der Waals surface area contributed by atoms with Gasteiger partial charge in [0.25, 0.3) is 5.91 Å². The van der Waals surface area contributed by atoms with Gasteiger partial charge < -0.3 is 19.6 Å². The normalized spacial score (nSPS) is 11.1. The third kappa shape index (κ3) is 4.08. The molecule has 0 unspecified atom stereocenters. The van der Waals surface area contributed by atoms with Gasteiger partial charge in [-0.1, -0.05) is 18.2 Å². The topological polar surface area (TPSA) is 102 Å². The van der Waals surface area contributed by atoms with Crippen molar-refractivity contribution in [2.24, 2.45) is 0 Å². The molecule has 37 heavy (non-hydrogen) atoms. The fourth-order valence-electron chi connectivity index (χ4n) is 4.11. The van der Waals surface area contributed by atoms with E-state index in [0.29, 0.717) is 27.8 Å². The number of fused-ring (bicyclic) bond motifs is 2. The Morgan fingerprint density at radius 3 is 2.62 bits per heavy atom. The van der Waals surface area contributed by atoms with Crippen LogP contribution >= 0.6 is 0 Å². The van der Waals surface area contributed by atoms with Crippen molar-refractivity contribution in [3.63, 3.8) is 0 Å². The number of hydrogen-bond acceptors (Lipinski definition) is 5. The number of H-pyrrole nitrogens is 1. The van der Waals surface area contributed by atoms with Crippen LogP contribution in [-0.2, 0) is 0 Å². The molecule has 2 N–H and O–H groups in total. The number of rotatable bonds is 5. The number of aromatic nitrogens is 4. The Labute approximate surface area is 209 Å². The van der Waals surface area contributed by atoms with Crippen molar-refractivity contribution in [3.05, 3.63) is 119 Å². The van der Waals surface area contributed by atoms with Gasteiger partial charge in [0.15, 0.2) is 11.6 Å². The maximum atomic E-state index is 14.9. The summed E-state index contributed by atoms with van der Waals surface area (Å²) in [6.07, 6.45) is 6.30. The van der Waals surface area contributed by atoms with Gasteiger partial charge >= 0.3 is 0 Å². The molecule has 180 valence electrons. The summed E-state index contributed by atoms with van der Waals surface area (Å²) in [5, 5.41) is 3.62. The smallest absolute Gasteiger partial charge is 0.261 e. The number of halogens is 1. The van der Waals surface area contributed by atoms with Crippen molar-refractivity contribution in [2.75, 3.05) is 5.32 Å². The summed E-state index contributed by atoms with van der Waals surface area (Å²) in [5.74, 6) is -0.928. The lowest BCUT2D eigenvalue weighted by atomic mass is 10.1. The number of hydrogen-bond donors (Lipinski definition) is 2. The molecule has 6 aromatic rings. The molecule has 1 amide bonds. The van der Waals surface area contributed by atoms with E-state index in [1.54, 1.807) is 47.4 Å². The van der Waals surface area contributed by atoms with E-state index < -0.39 is 17.2 Å². The lowest BCUT2D eigenvalue weighted by Crippen LogP contribution is -2.24. The van der Waals surface area contributed by atoms with E-state index in [9.17, 15) is 14.0 Å². The highest BCUT2D eigenvalue weighted by atomic mass is 19.1. The lowest BCUT2D eigenvalue weighted by molar-refractivity contribution is 0.102. The number of amides is 1. The summed E-state index contributed by atoms with van der Waals surface area (Å²) in [4.78, 5) is 37.8. The average Bonchev–Trinajstić information content (AvgIpc) is 3.41. The van der Waals surface area contributed by atoms with E-state index >= 15 is 0 Å². The van der Waals surface area contributed by atoms with Crippen LogP contribution in [0.2, 0.25) is 0 Å². The van der Waals surface area contributed by atoms with Gasteiger partial charge in [-0.05, 0) is 48.5 Å². The molecule has 0 aliphatic carbocycles. The number of aromatic amines is 1. The number of anilines is 1. The molecular formula is C28H18FN5O3. The molecule has 2 aromatic carbocycles. The van der Waals surface area contributed by atoms with Crippen LogP contribution in [0.3, 0.4) is 0 Å². The molecule has 6 rings (SSSR count). The van der Waals surface area contributed by atoms with Crippen LogP contribution in [0.1, 0.15) is 10.4 Å². The third-order valence-corrected chi connectivity index (χ3v) is 5.87. The van der Waals surface area contributed by atoms with Crippen molar-refractivity contribution in [2.45, 2.75) is 0 Å². The Bertz CT molecular complexity index is 1850. The molecule has 0 saturated heterocycles. The van der Waals surface area contributed by atoms with Crippen LogP contribution in [-0.4, -0.2) is 25.4 Å². The molecule has 0 aliphatic heterocycles. The number of carbonyl (C=O) groups excluding carboxylic acids is 1. The number of para-hydroxylation sites is 1. The maximum Gasteiger partial charge on any atom is 0.261 e. The standard InChI is InChI=1S/C28H18FN5O3/c29-22-15-17(8-9-24(22)37-23-11-14-31-26-19(23)10-13-30-26)33-28(36)21-16-34(18-5-2-1-3-6-18)27-20(25(21)35)7-4-12-32-27/h1-16H,(H,30,31)(H,33,36). The molecule has 8 nitrogen and oxygen atoms in total. The van der Waals surface area contributed by atoms with Crippen molar-refractivity contribution in [3.8, 4) is 17.2 Å². The zero-order valence-electron chi connectivity index (χ0n) is 19.2. The van der Waals surface area contributed by atoms with Crippen LogP contribution in [0, 0.1) is 5.82 Å². The van der Waals surface area contributed by atoms with Crippen LogP contribution in [0.4, 0.5) is 10.1 Å². The minimum atomic E-state index is -0.678. The number of ether oxygens (including phenoxy) is 1. The van der Waals surface area contributed by atoms with Crippen molar-refractivity contribution >= 4 is 33.7 Å². The number of carbonyl (C=O) groups is 1. The predicted molar refractivity (Wildman–Crippen MR) is 138 cm³/mol. The summed E-state index contributed by atoms with van der Waals surface area (Å²) < 4.78 is 22.3. The van der Waals surface area contributed by atoms with E-state index in [2.05, 4.69) is 20.3 Å². The van der Waals surface area contributed by atoms with E-state index in [1.165, 1.54) is 18.3 Å². The second kappa shape index (κ2) is 9.04. The molecule has 4 aromatic heterocycles. The summed E-state index contributed by atoms with van der Waals surface area (Å²) in [7, 11) is 0. The fourth-order valence-corrected chi connectivity index (χ4v) is 4.11. The van der Waals surface area contributed by atoms with E-state index in [4.69, 9.17) is 4.74 Å². The van der Waals surface area contributed by atoms with E-state index in [-0.39, 0.29) is 17.0 Å². The first kappa shape index (κ1) is 22.2. The largest absolute Gasteiger partial charge is 0.453 e. The van der Waals surface area contributed by atoms with Gasteiger partial charge in [0.1, 0.15) is 22.6 Å². The monoisotopic (exact) mass is 491 g/mol. The summed E-state index contributed by atoms with van der Waals surface area (Å²) in [5.41, 5.74) is 1.39. The first-order chi connectivity index (χ1) is 18.1. The Morgan fingerprint density at radius 2 is 1.78 bits per heavy atom. The van der Waals surface area contributed by atoms with Gasteiger partial charge in [0, 0.05) is 42.2 Å². The van der Waals surface area contributed by atoms with Gasteiger partial charge in [0.2, 0.25) is 5.43 Å². The highest BCUT2D eigenvalue weighted by Crippen LogP contribution is 2.31. The van der Waals surface area contributed by atoms with Gasteiger partial charge in [-0.2, -0.15) is 0 Å². The highest BCUT2D eigenvalue weighted by molar-refractivity contribution is 6.05. The van der Waals surface area contributed by atoms with Crippen molar-refractivity contribution in [1.29, 1.82) is 0 Å². The van der Waals surface area contributed by atoms with Crippen molar-refractivity contribution < 1.29 is 13.9 Å². The lowest BCUT2D eigenvalue weighted by Gasteiger charge is -2.13. The highest BCUT2D eigenvalue weighted by Gasteiger charge is 2.18. The first-order valence-electron chi connectivity index (χ1n) is 11.3. The Balaban J connectivity index is 1.32. The van der Waals surface area contributed by atoms with Crippen LogP contribution < -0.4 is 15.5 Å². The minimum Gasteiger partial charge on any atom is -0.453 e. The first-order valence-corrected chi connectivity index (χ1v) is 11.3. The Morgan fingerprint density at radius 1 is 0.919 bits per heavy atom. The van der Waals surface area contributed by atoms with Gasteiger partial charge in [0.05, 0.1) is 10.8 Å². The van der Waals surface area contributed by atoms with Crippen LogP contribution in [0.25, 0.3) is 27.8 Å². The summed E-state index contributed by atoms with van der Waals surface area (Å²) >= 11 is 0. The van der Waals surface area contributed by atoms with E-state index in [1.807, 2.05) is 30.3 Å². The molecule has 0 bridgehead atoms. The second-order valence-electron chi connectivity index (χ2n) is 8.20. The van der Waals surface area contributed by atoms with E-state index in [0.717, 1.165) is 11.8 Å². The fraction of sp³-hybridized carbons (Fsp3) is 0. The van der Waals surface area contributed by atoms with Gasteiger partial charge in [-0.15, -0.1) is 0 Å².